The van der Waals surface area contributed by atoms with Crippen molar-refractivity contribution in [3.63, 3.8) is 0 Å². The van der Waals surface area contributed by atoms with Crippen LogP contribution in [0.2, 0.25) is 0 Å². The van der Waals surface area contributed by atoms with E-state index in [2.05, 4.69) is 41.5 Å². The van der Waals surface area contributed by atoms with Gasteiger partial charge in [-0.25, -0.2) is 0 Å². The molecule has 0 radical (unpaired) electrons. The van der Waals surface area contributed by atoms with E-state index in [1.54, 1.807) is 9.58 Å². The van der Waals surface area contributed by atoms with Crippen molar-refractivity contribution >= 4 is 23.4 Å². The third kappa shape index (κ3) is 4.42. The SMILES string of the molecule is CCN(C(=O)[C@@H](C)Sc1nnnn1-c1ccc(C(C)C)cc1)c1ccccc1. The predicted molar refractivity (Wildman–Crippen MR) is 113 cm³/mol. The molecule has 0 spiro atoms. The smallest absolute Gasteiger partial charge is 0.240 e. The third-order valence-corrected chi connectivity index (χ3v) is 5.55. The first kappa shape index (κ1) is 20.1. The average Bonchev–Trinajstić information content (AvgIpc) is 3.17. The maximum absolute atomic E-state index is 13.0. The molecule has 0 aliphatic heterocycles. The van der Waals surface area contributed by atoms with Gasteiger partial charge in [0.15, 0.2) is 0 Å². The Bertz CT molecular complexity index is 908. The average molecular weight is 396 g/mol. The molecule has 0 saturated heterocycles. The second-order valence-corrected chi connectivity index (χ2v) is 8.11. The van der Waals surface area contributed by atoms with E-state index in [1.165, 1.54) is 17.3 Å². The molecule has 0 aliphatic carbocycles. The fourth-order valence-corrected chi connectivity index (χ4v) is 3.79. The highest BCUT2D eigenvalue weighted by Gasteiger charge is 2.24. The number of para-hydroxylation sites is 1. The van der Waals surface area contributed by atoms with Crippen LogP contribution in [0.5, 0.6) is 0 Å². The summed E-state index contributed by atoms with van der Waals surface area (Å²) in [6.07, 6.45) is 0. The predicted octanol–water partition coefficient (Wildman–Crippen LogP) is 4.32. The molecule has 0 unspecified atom stereocenters. The lowest BCUT2D eigenvalue weighted by molar-refractivity contribution is -0.117. The molecule has 1 aromatic heterocycles. The zero-order valence-electron chi connectivity index (χ0n) is 16.6. The zero-order chi connectivity index (χ0) is 20.1. The van der Waals surface area contributed by atoms with Crippen LogP contribution in [0.1, 0.15) is 39.2 Å². The molecule has 0 fully saturated rings. The Kier molecular flexibility index (Phi) is 6.46. The van der Waals surface area contributed by atoms with Gasteiger partial charge >= 0.3 is 0 Å². The summed E-state index contributed by atoms with van der Waals surface area (Å²) in [5.41, 5.74) is 3.04. The van der Waals surface area contributed by atoms with Gasteiger partial charge in [0.1, 0.15) is 0 Å². The van der Waals surface area contributed by atoms with Crippen LogP contribution in [0, 0.1) is 0 Å². The molecule has 3 aromatic rings. The van der Waals surface area contributed by atoms with Gasteiger partial charge < -0.3 is 4.90 Å². The molecule has 2 aromatic carbocycles. The molecule has 0 saturated carbocycles. The number of tetrazole rings is 1. The van der Waals surface area contributed by atoms with Crippen LogP contribution in [0.15, 0.2) is 59.8 Å². The van der Waals surface area contributed by atoms with Gasteiger partial charge in [0.05, 0.1) is 10.9 Å². The quantitative estimate of drug-likeness (QED) is 0.558. The summed E-state index contributed by atoms with van der Waals surface area (Å²) in [5.74, 6) is 0.496. The number of nitrogens with zero attached hydrogens (tertiary/aromatic N) is 5. The van der Waals surface area contributed by atoms with Gasteiger partial charge in [-0.3, -0.25) is 4.79 Å². The van der Waals surface area contributed by atoms with E-state index < -0.39 is 0 Å². The van der Waals surface area contributed by atoms with Crippen LogP contribution in [-0.4, -0.2) is 37.9 Å². The molecule has 28 heavy (non-hydrogen) atoms. The van der Waals surface area contributed by atoms with Crippen molar-refractivity contribution in [3.8, 4) is 5.69 Å². The van der Waals surface area contributed by atoms with E-state index in [-0.39, 0.29) is 11.2 Å². The lowest BCUT2D eigenvalue weighted by Crippen LogP contribution is -2.36. The Morgan fingerprint density at radius 1 is 1.07 bits per heavy atom. The van der Waals surface area contributed by atoms with Crippen molar-refractivity contribution in [1.82, 2.24) is 20.2 Å². The van der Waals surface area contributed by atoms with Gasteiger partial charge in [0.25, 0.3) is 0 Å². The minimum absolute atomic E-state index is 0.0309. The van der Waals surface area contributed by atoms with E-state index in [4.69, 9.17) is 0 Å². The Morgan fingerprint density at radius 2 is 1.75 bits per heavy atom. The molecule has 1 heterocycles. The van der Waals surface area contributed by atoms with Gasteiger partial charge in [0.2, 0.25) is 11.1 Å². The Hall–Kier alpha value is -2.67. The van der Waals surface area contributed by atoms with Gasteiger partial charge in [-0.1, -0.05) is 55.9 Å². The van der Waals surface area contributed by atoms with E-state index in [1.807, 2.05) is 56.3 Å². The first-order valence-electron chi connectivity index (χ1n) is 9.43. The number of amides is 1. The highest BCUT2D eigenvalue weighted by atomic mass is 32.2. The van der Waals surface area contributed by atoms with Crippen LogP contribution in [0.3, 0.4) is 0 Å². The van der Waals surface area contributed by atoms with Crippen molar-refractivity contribution in [2.75, 3.05) is 11.4 Å². The van der Waals surface area contributed by atoms with Crippen molar-refractivity contribution in [3.05, 3.63) is 60.2 Å². The standard InChI is InChI=1S/C21H25N5OS/c1-5-25(18-9-7-6-8-10-18)20(27)16(4)28-21-22-23-24-26(21)19-13-11-17(12-14-19)15(2)3/h6-16H,5H2,1-4H3/t16-/m1/s1. The van der Waals surface area contributed by atoms with E-state index in [0.717, 1.165) is 11.4 Å². The number of carbonyl (C=O) groups excluding carboxylic acids is 1. The summed E-state index contributed by atoms with van der Waals surface area (Å²) in [6.45, 7) is 8.79. The fraction of sp³-hybridized carbons (Fsp3) is 0.333. The number of rotatable bonds is 7. The maximum Gasteiger partial charge on any atom is 0.240 e. The largest absolute Gasteiger partial charge is 0.312 e. The topological polar surface area (TPSA) is 63.9 Å². The molecular weight excluding hydrogens is 370 g/mol. The normalized spacial score (nSPS) is 12.2. The minimum atomic E-state index is -0.320. The highest BCUT2D eigenvalue weighted by Crippen LogP contribution is 2.26. The molecule has 1 atom stereocenters. The molecule has 1 amide bonds. The van der Waals surface area contributed by atoms with Crippen LogP contribution in [0.25, 0.3) is 5.69 Å². The highest BCUT2D eigenvalue weighted by molar-refractivity contribution is 8.00. The fourth-order valence-electron chi connectivity index (χ4n) is 2.92. The van der Waals surface area contributed by atoms with Crippen LogP contribution >= 0.6 is 11.8 Å². The molecule has 146 valence electrons. The maximum atomic E-state index is 13.0. The summed E-state index contributed by atoms with van der Waals surface area (Å²) in [7, 11) is 0. The summed E-state index contributed by atoms with van der Waals surface area (Å²) in [5, 5.41) is 12.3. The Balaban J connectivity index is 1.77. The number of thioether (sulfide) groups is 1. The zero-order valence-corrected chi connectivity index (χ0v) is 17.4. The van der Waals surface area contributed by atoms with Gasteiger partial charge in [-0.15, -0.1) is 5.10 Å². The lowest BCUT2D eigenvalue weighted by Gasteiger charge is -2.24. The Labute approximate surface area is 169 Å². The molecule has 3 rings (SSSR count). The second kappa shape index (κ2) is 9.01. The number of carbonyl (C=O) groups is 1. The lowest BCUT2D eigenvalue weighted by atomic mass is 10.0. The number of aromatic nitrogens is 4. The summed E-state index contributed by atoms with van der Waals surface area (Å²) >= 11 is 1.36. The molecule has 0 bridgehead atoms. The molecule has 0 aliphatic rings. The molecule has 0 N–H and O–H groups in total. The minimum Gasteiger partial charge on any atom is -0.312 e. The molecule has 6 nitrogen and oxygen atoms in total. The van der Waals surface area contributed by atoms with Crippen molar-refractivity contribution in [2.24, 2.45) is 0 Å². The summed E-state index contributed by atoms with van der Waals surface area (Å²) in [4.78, 5) is 14.8. The van der Waals surface area contributed by atoms with E-state index in [0.29, 0.717) is 17.6 Å². The van der Waals surface area contributed by atoms with Gasteiger partial charge in [-0.2, -0.15) is 4.68 Å². The molecular formula is C21H25N5OS. The van der Waals surface area contributed by atoms with Gasteiger partial charge in [-0.05, 0) is 60.0 Å². The second-order valence-electron chi connectivity index (χ2n) is 6.80. The van der Waals surface area contributed by atoms with Crippen LogP contribution in [-0.2, 0) is 4.79 Å². The van der Waals surface area contributed by atoms with Crippen molar-refractivity contribution < 1.29 is 4.79 Å². The first-order valence-corrected chi connectivity index (χ1v) is 10.3. The van der Waals surface area contributed by atoms with Crippen LogP contribution in [0.4, 0.5) is 5.69 Å². The van der Waals surface area contributed by atoms with E-state index in [9.17, 15) is 4.79 Å². The van der Waals surface area contributed by atoms with E-state index >= 15 is 0 Å². The number of anilines is 1. The van der Waals surface area contributed by atoms with Crippen molar-refractivity contribution in [2.45, 2.75) is 44.0 Å². The van der Waals surface area contributed by atoms with Gasteiger partial charge in [0, 0.05) is 12.2 Å². The number of hydrogen-bond donors (Lipinski definition) is 0. The summed E-state index contributed by atoms with van der Waals surface area (Å²) < 4.78 is 1.68. The summed E-state index contributed by atoms with van der Waals surface area (Å²) in [6, 6.07) is 17.9. The number of benzene rings is 2. The first-order chi connectivity index (χ1) is 13.5. The number of hydrogen-bond acceptors (Lipinski definition) is 5. The van der Waals surface area contributed by atoms with Crippen molar-refractivity contribution in [1.29, 1.82) is 0 Å². The van der Waals surface area contributed by atoms with Crippen LogP contribution < -0.4 is 4.90 Å². The Morgan fingerprint density at radius 3 is 2.36 bits per heavy atom. The molecule has 7 heteroatoms. The monoisotopic (exact) mass is 395 g/mol. The third-order valence-electron chi connectivity index (χ3n) is 4.53.